The Kier molecular flexibility index (Phi) is 5.56. The smallest absolute Gasteiger partial charge is 0.339 e. The Morgan fingerprint density at radius 3 is 2.26 bits per heavy atom. The van der Waals surface area contributed by atoms with Crippen LogP contribution in [0.1, 0.15) is 85.8 Å². The van der Waals surface area contributed by atoms with Gasteiger partial charge in [-0.1, -0.05) is 34.6 Å². The van der Waals surface area contributed by atoms with Crippen LogP contribution in [0.15, 0.2) is 23.0 Å². The van der Waals surface area contributed by atoms with Crippen molar-refractivity contribution in [2.75, 3.05) is 0 Å². The molecule has 0 amide bonds. The molecule has 1 N–H and O–H groups in total. The Balaban J connectivity index is 1.55. The fourth-order valence-corrected chi connectivity index (χ4v) is 10.2. The quantitative estimate of drug-likeness (QED) is 0.340. The Morgan fingerprint density at radius 2 is 1.64 bits per heavy atom. The molecule has 2 saturated heterocycles. The standard InChI is InChI=1S/C30H40O9/c1-15(31)36-21-13-20(33)26(3,4)19-12-22(37-16(2)32)29(7)18(28(19,21)6)8-10-27(5)23(17-9-11-35-14-17)38-25(34)24-30(27,29)39-24/h9,11,14,18-24,33H,8,10,12-13H2,1-7H3/t18-,19+,20-,21+,22-,23+,24-,27+,28-,29+,30-/m1/s1. The summed E-state index contributed by atoms with van der Waals surface area (Å²) in [5, 5.41) is 11.3. The maximum atomic E-state index is 13.4. The summed E-state index contributed by atoms with van der Waals surface area (Å²) in [7, 11) is 0. The van der Waals surface area contributed by atoms with Crippen LogP contribution in [0.5, 0.6) is 0 Å². The van der Waals surface area contributed by atoms with E-state index in [2.05, 4.69) is 20.8 Å². The normalized spacial score (nSPS) is 49.3. The number of cyclic esters (lactones) is 1. The Labute approximate surface area is 228 Å². The lowest BCUT2D eigenvalue weighted by molar-refractivity contribution is -0.297. The van der Waals surface area contributed by atoms with Crippen molar-refractivity contribution in [3.05, 3.63) is 24.2 Å². The highest BCUT2D eigenvalue weighted by atomic mass is 16.7. The summed E-state index contributed by atoms with van der Waals surface area (Å²) >= 11 is 0. The van der Waals surface area contributed by atoms with Crippen molar-refractivity contribution in [3.63, 3.8) is 0 Å². The highest BCUT2D eigenvalue weighted by Crippen LogP contribution is 2.80. The zero-order valence-electron chi connectivity index (χ0n) is 23.8. The van der Waals surface area contributed by atoms with Crippen LogP contribution in [-0.2, 0) is 33.3 Å². The lowest BCUT2D eigenvalue weighted by Crippen LogP contribution is -2.75. The molecule has 3 saturated carbocycles. The average molecular weight is 545 g/mol. The van der Waals surface area contributed by atoms with E-state index in [1.54, 1.807) is 12.5 Å². The predicted octanol–water partition coefficient (Wildman–Crippen LogP) is 4.12. The fraction of sp³-hybridized carbons (Fsp3) is 0.767. The second-order valence-corrected chi connectivity index (χ2v) is 13.8. The summed E-state index contributed by atoms with van der Waals surface area (Å²) in [6.07, 6.45) is 2.14. The summed E-state index contributed by atoms with van der Waals surface area (Å²) in [6.45, 7) is 13.3. The van der Waals surface area contributed by atoms with Crippen LogP contribution < -0.4 is 0 Å². The number of ether oxygens (including phenoxy) is 4. The van der Waals surface area contributed by atoms with Crippen LogP contribution in [0, 0.1) is 33.5 Å². The molecule has 11 atom stereocenters. The van der Waals surface area contributed by atoms with Gasteiger partial charge >= 0.3 is 17.9 Å². The molecular formula is C30H40O9. The average Bonchev–Trinajstić information content (AvgIpc) is 3.41. The third-order valence-electron chi connectivity index (χ3n) is 11.9. The van der Waals surface area contributed by atoms with Crippen LogP contribution in [0.3, 0.4) is 0 Å². The minimum absolute atomic E-state index is 0.126. The minimum Gasteiger partial charge on any atom is -0.472 e. The van der Waals surface area contributed by atoms with Gasteiger partial charge in [0.2, 0.25) is 0 Å². The van der Waals surface area contributed by atoms with E-state index in [-0.39, 0.29) is 11.8 Å². The van der Waals surface area contributed by atoms with Gasteiger partial charge in [0, 0.05) is 42.1 Å². The van der Waals surface area contributed by atoms with Gasteiger partial charge in [0.25, 0.3) is 0 Å². The number of carbonyl (C=O) groups is 3. The number of aliphatic hydroxyl groups is 1. The van der Waals surface area contributed by atoms with Gasteiger partial charge in [-0.25, -0.2) is 4.79 Å². The van der Waals surface area contributed by atoms with E-state index < -0.39 is 75.7 Å². The van der Waals surface area contributed by atoms with Gasteiger partial charge in [0.15, 0.2) is 6.10 Å². The van der Waals surface area contributed by atoms with Crippen LogP contribution >= 0.6 is 0 Å². The molecule has 39 heavy (non-hydrogen) atoms. The molecule has 6 rings (SSSR count). The molecule has 3 aliphatic carbocycles. The van der Waals surface area contributed by atoms with Crippen molar-refractivity contribution >= 4 is 17.9 Å². The molecule has 5 fully saturated rings. The molecule has 214 valence electrons. The zero-order valence-corrected chi connectivity index (χ0v) is 23.8. The van der Waals surface area contributed by atoms with E-state index in [0.29, 0.717) is 25.7 Å². The number of furan rings is 1. The summed E-state index contributed by atoms with van der Waals surface area (Å²) in [5.74, 6) is -1.49. The van der Waals surface area contributed by atoms with Crippen LogP contribution in [-0.4, -0.2) is 53.0 Å². The van der Waals surface area contributed by atoms with Crippen LogP contribution in [0.4, 0.5) is 0 Å². The minimum atomic E-state index is -0.963. The van der Waals surface area contributed by atoms with Gasteiger partial charge in [-0.3, -0.25) is 9.59 Å². The Bertz CT molecular complexity index is 1210. The Hall–Kier alpha value is -2.39. The summed E-state index contributed by atoms with van der Waals surface area (Å²) < 4.78 is 30.1. The number of aliphatic hydroxyl groups excluding tert-OH is 1. The van der Waals surface area contributed by atoms with E-state index in [4.69, 9.17) is 23.4 Å². The number of hydrogen-bond acceptors (Lipinski definition) is 9. The van der Waals surface area contributed by atoms with Crippen molar-refractivity contribution < 1.29 is 42.9 Å². The van der Waals surface area contributed by atoms with E-state index >= 15 is 0 Å². The van der Waals surface area contributed by atoms with Crippen molar-refractivity contribution in [2.45, 2.75) is 110 Å². The molecular weight excluding hydrogens is 504 g/mol. The molecule has 0 unspecified atom stereocenters. The topological polar surface area (TPSA) is 125 Å². The van der Waals surface area contributed by atoms with Crippen molar-refractivity contribution in [2.24, 2.45) is 33.5 Å². The molecule has 0 bridgehead atoms. The molecule has 1 spiro atoms. The Morgan fingerprint density at radius 1 is 0.974 bits per heavy atom. The molecule has 2 aliphatic heterocycles. The third kappa shape index (κ3) is 3.12. The van der Waals surface area contributed by atoms with Gasteiger partial charge in [-0.15, -0.1) is 0 Å². The number of rotatable bonds is 3. The molecule has 0 aromatic carbocycles. The van der Waals surface area contributed by atoms with E-state index in [0.717, 1.165) is 5.56 Å². The number of epoxide rings is 1. The lowest BCUT2D eigenvalue weighted by Gasteiger charge is -2.71. The molecule has 1 aromatic heterocycles. The molecule has 3 heterocycles. The number of fused-ring (bicyclic) bond motifs is 3. The van der Waals surface area contributed by atoms with Gasteiger partial charge in [0.05, 0.1) is 18.6 Å². The summed E-state index contributed by atoms with van der Waals surface area (Å²) in [6, 6.07) is 1.82. The maximum Gasteiger partial charge on any atom is 0.339 e. The van der Waals surface area contributed by atoms with E-state index in [9.17, 15) is 19.5 Å². The second-order valence-electron chi connectivity index (χ2n) is 13.8. The number of esters is 3. The van der Waals surface area contributed by atoms with Gasteiger partial charge < -0.3 is 28.5 Å². The molecule has 0 radical (unpaired) electrons. The molecule has 9 nitrogen and oxygen atoms in total. The van der Waals surface area contributed by atoms with Crippen molar-refractivity contribution in [3.8, 4) is 0 Å². The first-order chi connectivity index (χ1) is 18.2. The van der Waals surface area contributed by atoms with Crippen molar-refractivity contribution in [1.82, 2.24) is 0 Å². The third-order valence-corrected chi connectivity index (χ3v) is 11.9. The highest BCUT2D eigenvalue weighted by Gasteiger charge is 2.89. The molecule has 9 heteroatoms. The van der Waals surface area contributed by atoms with Crippen LogP contribution in [0.2, 0.25) is 0 Å². The summed E-state index contributed by atoms with van der Waals surface area (Å²) in [4.78, 5) is 38.3. The van der Waals surface area contributed by atoms with Crippen molar-refractivity contribution in [1.29, 1.82) is 0 Å². The lowest BCUT2D eigenvalue weighted by atomic mass is 9.34. The van der Waals surface area contributed by atoms with E-state index in [1.807, 2.05) is 19.9 Å². The van der Waals surface area contributed by atoms with Gasteiger partial charge in [0.1, 0.15) is 23.9 Å². The van der Waals surface area contributed by atoms with Gasteiger partial charge in [-0.05, 0) is 42.6 Å². The van der Waals surface area contributed by atoms with E-state index in [1.165, 1.54) is 13.8 Å². The fourth-order valence-electron chi connectivity index (χ4n) is 10.2. The summed E-state index contributed by atoms with van der Waals surface area (Å²) in [5.41, 5.74) is -2.72. The number of hydrogen-bond donors (Lipinski definition) is 1. The molecule has 5 aliphatic rings. The zero-order chi connectivity index (χ0) is 28.3. The maximum absolute atomic E-state index is 13.4. The number of carbonyl (C=O) groups excluding carboxylic acids is 3. The first-order valence-corrected chi connectivity index (χ1v) is 14.1. The van der Waals surface area contributed by atoms with Gasteiger partial charge in [-0.2, -0.15) is 0 Å². The predicted molar refractivity (Wildman–Crippen MR) is 136 cm³/mol. The largest absolute Gasteiger partial charge is 0.472 e. The first-order valence-electron chi connectivity index (χ1n) is 14.1. The SMILES string of the molecule is CC(=O)O[C@H]1C[C@@H](O)C(C)(C)[C@@H]2C[C@@H](OC(C)=O)[C@]3(C)[C@H](CC[C@@]4(C)[C@H](c5ccoc5)OC(=O)[C@H]5O[C@@]534)[C@@]12C. The molecule has 1 aromatic rings. The second kappa shape index (κ2) is 8.09. The first kappa shape index (κ1) is 26.8. The monoisotopic (exact) mass is 544 g/mol. The highest BCUT2D eigenvalue weighted by molar-refractivity contribution is 5.82. The van der Waals surface area contributed by atoms with Crippen LogP contribution in [0.25, 0.3) is 0 Å².